The second kappa shape index (κ2) is 3.04. The molecule has 68 valence electrons. The van der Waals surface area contributed by atoms with Gasteiger partial charge in [-0.2, -0.15) is 0 Å². The molecule has 0 unspecified atom stereocenters. The van der Waals surface area contributed by atoms with Crippen molar-refractivity contribution in [2.24, 2.45) is 11.3 Å². The van der Waals surface area contributed by atoms with Crippen LogP contribution in [-0.2, 0) is 4.79 Å². The molecule has 0 aromatic heterocycles. The highest BCUT2D eigenvalue weighted by Gasteiger charge is 2.36. The van der Waals surface area contributed by atoms with E-state index in [2.05, 4.69) is 20.8 Å². The van der Waals surface area contributed by atoms with E-state index in [4.69, 9.17) is 0 Å². The molecule has 0 aliphatic heterocycles. The zero-order valence-electron chi connectivity index (χ0n) is 8.48. The van der Waals surface area contributed by atoms with Gasteiger partial charge in [-0.15, -0.1) is 0 Å². The van der Waals surface area contributed by atoms with Crippen molar-refractivity contribution in [3.8, 4) is 0 Å². The number of rotatable bonds is 1. The first-order valence-corrected chi connectivity index (χ1v) is 4.68. The molecule has 0 saturated carbocycles. The Labute approximate surface area is 74.9 Å². The molecular weight excluding hydrogens is 148 g/mol. The summed E-state index contributed by atoms with van der Waals surface area (Å²) in [4.78, 5) is 11.7. The van der Waals surface area contributed by atoms with Crippen molar-refractivity contribution in [1.29, 1.82) is 0 Å². The lowest BCUT2D eigenvalue weighted by Crippen LogP contribution is -2.34. The fourth-order valence-electron chi connectivity index (χ4n) is 1.61. The predicted octanol–water partition coefficient (Wildman–Crippen LogP) is 2.96. The van der Waals surface area contributed by atoms with Crippen LogP contribution in [0.3, 0.4) is 0 Å². The number of hydrogen-bond acceptors (Lipinski definition) is 1. The smallest absolute Gasteiger partial charge is 0.161 e. The van der Waals surface area contributed by atoms with Crippen LogP contribution in [0.2, 0.25) is 0 Å². The summed E-state index contributed by atoms with van der Waals surface area (Å²) < 4.78 is 0. The average molecular weight is 166 g/mol. The number of hydrogen-bond donors (Lipinski definition) is 0. The van der Waals surface area contributed by atoms with Crippen LogP contribution in [-0.4, -0.2) is 5.78 Å². The maximum absolute atomic E-state index is 11.7. The highest BCUT2D eigenvalue weighted by atomic mass is 16.1. The number of ketones is 1. The quantitative estimate of drug-likeness (QED) is 0.585. The maximum Gasteiger partial charge on any atom is 0.161 e. The lowest BCUT2D eigenvalue weighted by atomic mass is 9.68. The number of carbonyl (C=O) groups is 1. The van der Waals surface area contributed by atoms with E-state index >= 15 is 0 Å². The standard InChI is InChI=1S/C11H18O/c1-8(2)11(4)6-5-9(3)7-10(11)12/h7-8H,5-6H2,1-4H3/t11-/m0/s1. The first-order valence-electron chi connectivity index (χ1n) is 4.68. The summed E-state index contributed by atoms with van der Waals surface area (Å²) in [5, 5.41) is 0. The molecule has 0 spiro atoms. The minimum atomic E-state index is -0.0977. The summed E-state index contributed by atoms with van der Waals surface area (Å²) in [6.45, 7) is 8.39. The third-order valence-electron chi connectivity index (χ3n) is 3.25. The van der Waals surface area contributed by atoms with Gasteiger partial charge in [-0.3, -0.25) is 4.79 Å². The van der Waals surface area contributed by atoms with Gasteiger partial charge in [0.25, 0.3) is 0 Å². The maximum atomic E-state index is 11.7. The van der Waals surface area contributed by atoms with Crippen LogP contribution >= 0.6 is 0 Å². The summed E-state index contributed by atoms with van der Waals surface area (Å²) in [5.74, 6) is 0.774. The Morgan fingerprint density at radius 1 is 1.50 bits per heavy atom. The summed E-state index contributed by atoms with van der Waals surface area (Å²) in [6.07, 6.45) is 3.93. The summed E-state index contributed by atoms with van der Waals surface area (Å²) in [5.41, 5.74) is 1.14. The van der Waals surface area contributed by atoms with Gasteiger partial charge < -0.3 is 0 Å². The van der Waals surface area contributed by atoms with E-state index in [-0.39, 0.29) is 5.41 Å². The summed E-state index contributed by atoms with van der Waals surface area (Å²) >= 11 is 0. The lowest BCUT2D eigenvalue weighted by molar-refractivity contribution is -0.126. The molecule has 1 heteroatoms. The number of carbonyl (C=O) groups excluding carboxylic acids is 1. The largest absolute Gasteiger partial charge is 0.294 e. The van der Waals surface area contributed by atoms with E-state index in [1.807, 2.05) is 13.0 Å². The van der Waals surface area contributed by atoms with Crippen molar-refractivity contribution < 1.29 is 4.79 Å². The van der Waals surface area contributed by atoms with Crippen LogP contribution in [0.4, 0.5) is 0 Å². The molecule has 0 saturated heterocycles. The molecule has 0 N–H and O–H groups in total. The molecule has 0 bridgehead atoms. The molecular formula is C11H18O. The fourth-order valence-corrected chi connectivity index (χ4v) is 1.61. The fraction of sp³-hybridized carbons (Fsp3) is 0.727. The second-order valence-corrected chi connectivity index (χ2v) is 4.43. The first kappa shape index (κ1) is 9.50. The zero-order chi connectivity index (χ0) is 9.35. The topological polar surface area (TPSA) is 17.1 Å². The Morgan fingerprint density at radius 3 is 2.50 bits per heavy atom. The minimum absolute atomic E-state index is 0.0977. The Bertz CT molecular complexity index is 225. The molecule has 1 rings (SSSR count). The molecule has 1 aliphatic carbocycles. The third-order valence-corrected chi connectivity index (χ3v) is 3.25. The molecule has 1 atom stereocenters. The minimum Gasteiger partial charge on any atom is -0.294 e. The van der Waals surface area contributed by atoms with Gasteiger partial charge in [-0.05, 0) is 31.8 Å². The zero-order valence-corrected chi connectivity index (χ0v) is 8.48. The normalized spacial score (nSPS) is 30.8. The van der Waals surface area contributed by atoms with Crippen molar-refractivity contribution in [1.82, 2.24) is 0 Å². The number of allylic oxidation sites excluding steroid dienone is 2. The van der Waals surface area contributed by atoms with Crippen LogP contribution in [0.15, 0.2) is 11.6 Å². The molecule has 0 aromatic carbocycles. The molecule has 12 heavy (non-hydrogen) atoms. The second-order valence-electron chi connectivity index (χ2n) is 4.43. The van der Waals surface area contributed by atoms with E-state index in [0.717, 1.165) is 12.8 Å². The van der Waals surface area contributed by atoms with E-state index < -0.39 is 0 Å². The van der Waals surface area contributed by atoms with E-state index in [0.29, 0.717) is 11.7 Å². The van der Waals surface area contributed by atoms with Gasteiger partial charge in [0.1, 0.15) is 0 Å². The lowest BCUT2D eigenvalue weighted by Gasteiger charge is -2.34. The van der Waals surface area contributed by atoms with Crippen molar-refractivity contribution in [3.63, 3.8) is 0 Å². The monoisotopic (exact) mass is 166 g/mol. The Balaban J connectivity index is 2.90. The van der Waals surface area contributed by atoms with Gasteiger partial charge in [-0.1, -0.05) is 26.3 Å². The van der Waals surface area contributed by atoms with Crippen molar-refractivity contribution in [2.45, 2.75) is 40.5 Å². The molecule has 0 radical (unpaired) electrons. The molecule has 0 amide bonds. The SMILES string of the molecule is CC1=CC(=O)[C@](C)(C(C)C)CC1. The third kappa shape index (κ3) is 1.45. The molecule has 0 aromatic rings. The predicted molar refractivity (Wildman–Crippen MR) is 50.9 cm³/mol. The molecule has 0 heterocycles. The molecule has 0 fully saturated rings. The summed E-state index contributed by atoms with van der Waals surface area (Å²) in [6, 6.07) is 0. The van der Waals surface area contributed by atoms with E-state index in [1.165, 1.54) is 5.57 Å². The highest BCUT2D eigenvalue weighted by molar-refractivity contribution is 5.96. The first-order chi connectivity index (χ1) is 5.47. The van der Waals surface area contributed by atoms with Gasteiger partial charge in [0, 0.05) is 5.41 Å². The van der Waals surface area contributed by atoms with Crippen LogP contribution < -0.4 is 0 Å². The molecule has 1 nitrogen and oxygen atoms in total. The van der Waals surface area contributed by atoms with Crippen molar-refractivity contribution >= 4 is 5.78 Å². The van der Waals surface area contributed by atoms with Crippen molar-refractivity contribution in [3.05, 3.63) is 11.6 Å². The Hall–Kier alpha value is -0.590. The van der Waals surface area contributed by atoms with Gasteiger partial charge in [0.05, 0.1) is 0 Å². The van der Waals surface area contributed by atoms with Gasteiger partial charge in [0.15, 0.2) is 5.78 Å². The highest BCUT2D eigenvalue weighted by Crippen LogP contribution is 2.38. The summed E-state index contributed by atoms with van der Waals surface area (Å²) in [7, 11) is 0. The van der Waals surface area contributed by atoms with Gasteiger partial charge in [0.2, 0.25) is 0 Å². The van der Waals surface area contributed by atoms with Gasteiger partial charge in [-0.25, -0.2) is 0 Å². The van der Waals surface area contributed by atoms with Crippen molar-refractivity contribution in [2.75, 3.05) is 0 Å². The Kier molecular flexibility index (Phi) is 2.41. The van der Waals surface area contributed by atoms with Crippen LogP contribution in [0, 0.1) is 11.3 Å². The average Bonchev–Trinajstić information content (AvgIpc) is 1.97. The van der Waals surface area contributed by atoms with E-state index in [9.17, 15) is 4.79 Å². The Morgan fingerprint density at radius 2 is 2.08 bits per heavy atom. The van der Waals surface area contributed by atoms with E-state index in [1.54, 1.807) is 0 Å². The van der Waals surface area contributed by atoms with Crippen LogP contribution in [0.1, 0.15) is 40.5 Å². The molecule has 1 aliphatic rings. The van der Waals surface area contributed by atoms with Gasteiger partial charge >= 0.3 is 0 Å². The van der Waals surface area contributed by atoms with Crippen LogP contribution in [0.5, 0.6) is 0 Å². The van der Waals surface area contributed by atoms with Crippen LogP contribution in [0.25, 0.3) is 0 Å².